The number of guanidine groups is 1. The number of halogens is 1. The number of hydrogen-bond donors (Lipinski definition) is 2. The van der Waals surface area contributed by atoms with Crippen LogP contribution in [0.5, 0.6) is 17.2 Å². The summed E-state index contributed by atoms with van der Waals surface area (Å²) in [4.78, 5) is 4.34. The quantitative estimate of drug-likeness (QED) is 0.344. The highest BCUT2D eigenvalue weighted by Crippen LogP contribution is 2.34. The van der Waals surface area contributed by atoms with Gasteiger partial charge in [0.25, 0.3) is 0 Å². The molecule has 1 saturated carbocycles. The lowest BCUT2D eigenvalue weighted by atomic mass is 10.1. The van der Waals surface area contributed by atoms with Crippen LogP contribution in [0.2, 0.25) is 0 Å². The molecule has 1 fully saturated rings. The Morgan fingerprint density at radius 3 is 2.27 bits per heavy atom. The van der Waals surface area contributed by atoms with Gasteiger partial charge >= 0.3 is 0 Å². The number of benzene rings is 1. The topological polar surface area (TPSA) is 64.1 Å². The van der Waals surface area contributed by atoms with Gasteiger partial charge < -0.3 is 24.8 Å². The average molecular weight is 495 g/mol. The Morgan fingerprint density at radius 1 is 1.15 bits per heavy atom. The maximum absolute atomic E-state index is 5.50. The summed E-state index contributed by atoms with van der Waals surface area (Å²) >= 11 is 1.95. The first-order valence-corrected chi connectivity index (χ1v) is 9.72. The third kappa shape index (κ3) is 6.00. The fourth-order valence-electron chi connectivity index (χ4n) is 3.10. The lowest BCUT2D eigenvalue weighted by molar-refractivity contribution is 0.368. The Labute approximate surface area is 177 Å². The molecule has 0 bridgehead atoms. The first-order chi connectivity index (χ1) is 12.1. The number of hydrogen-bond acceptors (Lipinski definition) is 5. The second kappa shape index (κ2) is 11.6. The Kier molecular flexibility index (Phi) is 10.3. The zero-order valence-corrected chi connectivity index (χ0v) is 19.3. The van der Waals surface area contributed by atoms with Crippen molar-refractivity contribution in [1.82, 2.24) is 10.6 Å². The molecule has 2 rings (SSSR count). The van der Waals surface area contributed by atoms with Crippen molar-refractivity contribution in [3.8, 4) is 17.2 Å². The smallest absolute Gasteiger partial charge is 0.191 e. The van der Waals surface area contributed by atoms with Gasteiger partial charge in [-0.15, -0.1) is 24.0 Å². The molecule has 0 aliphatic heterocycles. The molecule has 1 aromatic carbocycles. The van der Waals surface area contributed by atoms with Crippen LogP contribution in [0.15, 0.2) is 17.1 Å². The minimum atomic E-state index is 0. The summed E-state index contributed by atoms with van der Waals surface area (Å²) in [5.41, 5.74) is 0.933. The Morgan fingerprint density at radius 2 is 1.81 bits per heavy atom. The first-order valence-electron chi connectivity index (χ1n) is 8.44. The van der Waals surface area contributed by atoms with Crippen molar-refractivity contribution in [2.45, 2.75) is 37.1 Å². The van der Waals surface area contributed by atoms with Crippen molar-refractivity contribution < 1.29 is 14.2 Å². The summed E-state index contributed by atoms with van der Waals surface area (Å²) in [6.07, 6.45) is 5.80. The predicted octanol–water partition coefficient (Wildman–Crippen LogP) is 3.28. The highest BCUT2D eigenvalue weighted by atomic mass is 127. The summed E-state index contributed by atoms with van der Waals surface area (Å²) < 4.78 is 16.3. The molecule has 6 nitrogen and oxygen atoms in total. The number of ether oxygens (including phenoxy) is 3. The second-order valence-electron chi connectivity index (χ2n) is 5.95. The van der Waals surface area contributed by atoms with Crippen LogP contribution < -0.4 is 24.8 Å². The fourth-order valence-corrected chi connectivity index (χ4v) is 3.89. The van der Waals surface area contributed by atoms with Gasteiger partial charge in [-0.3, -0.25) is 4.99 Å². The van der Waals surface area contributed by atoms with E-state index in [4.69, 9.17) is 14.2 Å². The van der Waals surface area contributed by atoms with Gasteiger partial charge in [0.1, 0.15) is 17.2 Å². The van der Waals surface area contributed by atoms with E-state index in [1.807, 2.05) is 23.9 Å². The molecule has 148 valence electrons. The predicted molar refractivity (Wildman–Crippen MR) is 120 cm³/mol. The van der Waals surface area contributed by atoms with E-state index in [2.05, 4.69) is 21.9 Å². The maximum atomic E-state index is 5.50. The number of nitrogens with zero attached hydrogens (tertiary/aromatic N) is 1. The standard InChI is InChI=1S/C18H29N3O3S.HI/c1-19-18(21-12-6-7-14(8-12)25-5)20-11-15-16(23-3)9-13(22-2)10-17(15)24-4;/h9-10,12,14H,6-8,11H2,1-5H3,(H2,19,20,21);1H. The van der Waals surface area contributed by atoms with E-state index < -0.39 is 0 Å². The van der Waals surface area contributed by atoms with Crippen molar-refractivity contribution in [2.24, 2.45) is 4.99 Å². The Hall–Kier alpha value is -1.03. The van der Waals surface area contributed by atoms with Crippen molar-refractivity contribution in [2.75, 3.05) is 34.6 Å². The molecule has 2 unspecified atom stereocenters. The lowest BCUT2D eigenvalue weighted by Crippen LogP contribution is -2.42. The minimum Gasteiger partial charge on any atom is -0.496 e. The molecule has 0 heterocycles. The van der Waals surface area contributed by atoms with Gasteiger partial charge in [-0.2, -0.15) is 11.8 Å². The summed E-state index contributed by atoms with van der Waals surface area (Å²) in [6, 6.07) is 4.19. The van der Waals surface area contributed by atoms with E-state index in [0.717, 1.165) is 28.3 Å². The summed E-state index contributed by atoms with van der Waals surface area (Å²) in [6.45, 7) is 0.550. The van der Waals surface area contributed by atoms with E-state index in [1.165, 1.54) is 19.3 Å². The largest absolute Gasteiger partial charge is 0.496 e. The first kappa shape index (κ1) is 23.0. The van der Waals surface area contributed by atoms with Crippen molar-refractivity contribution in [1.29, 1.82) is 0 Å². The highest BCUT2D eigenvalue weighted by molar-refractivity contribution is 14.0. The van der Waals surface area contributed by atoms with Crippen LogP contribution in [0, 0.1) is 0 Å². The molecule has 1 aromatic rings. The van der Waals surface area contributed by atoms with Crippen molar-refractivity contribution in [3.05, 3.63) is 17.7 Å². The van der Waals surface area contributed by atoms with E-state index in [-0.39, 0.29) is 24.0 Å². The summed E-state index contributed by atoms with van der Waals surface area (Å²) in [5.74, 6) is 2.95. The molecule has 0 spiro atoms. The van der Waals surface area contributed by atoms with Crippen LogP contribution in [0.4, 0.5) is 0 Å². The Balaban J connectivity index is 0.00000338. The monoisotopic (exact) mass is 495 g/mol. The molecule has 1 aliphatic rings. The van der Waals surface area contributed by atoms with E-state index in [1.54, 1.807) is 28.4 Å². The van der Waals surface area contributed by atoms with Gasteiger partial charge in [0.05, 0.1) is 33.4 Å². The molecule has 1 aliphatic carbocycles. The zero-order valence-electron chi connectivity index (χ0n) is 16.1. The average Bonchev–Trinajstić information content (AvgIpc) is 3.11. The minimum absolute atomic E-state index is 0. The number of rotatable bonds is 7. The molecular formula is C18H30IN3O3S. The fraction of sp³-hybridized carbons (Fsp3) is 0.611. The zero-order chi connectivity index (χ0) is 18.2. The molecule has 2 N–H and O–H groups in total. The molecule has 0 radical (unpaired) electrons. The second-order valence-corrected chi connectivity index (χ2v) is 7.09. The number of methoxy groups -OCH3 is 3. The van der Waals surface area contributed by atoms with E-state index in [0.29, 0.717) is 18.3 Å². The van der Waals surface area contributed by atoms with Gasteiger partial charge in [-0.1, -0.05) is 0 Å². The summed E-state index contributed by atoms with van der Waals surface area (Å²) in [7, 11) is 6.71. The molecule has 2 atom stereocenters. The third-order valence-corrected chi connectivity index (χ3v) is 5.63. The molecular weight excluding hydrogens is 465 g/mol. The van der Waals surface area contributed by atoms with Crippen LogP contribution in [-0.4, -0.2) is 51.9 Å². The van der Waals surface area contributed by atoms with Crippen LogP contribution in [-0.2, 0) is 6.54 Å². The van der Waals surface area contributed by atoms with Crippen LogP contribution in [0.1, 0.15) is 24.8 Å². The number of thioether (sulfide) groups is 1. The van der Waals surface area contributed by atoms with Crippen LogP contribution in [0.3, 0.4) is 0 Å². The molecule has 0 amide bonds. The van der Waals surface area contributed by atoms with Gasteiger partial charge in [-0.05, 0) is 25.5 Å². The molecule has 0 saturated heterocycles. The number of aliphatic imine (C=N–C) groups is 1. The lowest BCUT2D eigenvalue weighted by Gasteiger charge is -2.19. The van der Waals surface area contributed by atoms with Gasteiger partial charge in [0, 0.05) is 30.5 Å². The van der Waals surface area contributed by atoms with Crippen LogP contribution in [0.25, 0.3) is 0 Å². The van der Waals surface area contributed by atoms with Crippen molar-refractivity contribution in [3.63, 3.8) is 0 Å². The highest BCUT2D eigenvalue weighted by Gasteiger charge is 2.24. The van der Waals surface area contributed by atoms with Gasteiger partial charge in [0.15, 0.2) is 5.96 Å². The number of nitrogens with one attached hydrogen (secondary N) is 2. The van der Waals surface area contributed by atoms with E-state index >= 15 is 0 Å². The van der Waals surface area contributed by atoms with Gasteiger partial charge in [-0.25, -0.2) is 0 Å². The maximum Gasteiger partial charge on any atom is 0.191 e. The summed E-state index contributed by atoms with van der Waals surface area (Å²) in [5, 5.41) is 7.63. The van der Waals surface area contributed by atoms with Gasteiger partial charge in [0.2, 0.25) is 0 Å². The molecule has 0 aromatic heterocycles. The third-order valence-electron chi connectivity index (χ3n) is 4.53. The normalized spacial score (nSPS) is 19.5. The SMILES string of the molecule is CN=C(NCc1c(OC)cc(OC)cc1OC)NC1CCC(SC)C1.I. The molecule has 8 heteroatoms. The van der Waals surface area contributed by atoms with Crippen molar-refractivity contribution >= 4 is 41.7 Å². The Bertz CT molecular complexity index is 576. The van der Waals surface area contributed by atoms with Crippen LogP contribution >= 0.6 is 35.7 Å². The molecule has 26 heavy (non-hydrogen) atoms. The van der Waals surface area contributed by atoms with E-state index in [9.17, 15) is 0 Å².